The summed E-state index contributed by atoms with van der Waals surface area (Å²) in [7, 11) is -3.99. The standard InChI is InChI=1S/C15H15ClN2O5S2/c1-9(13-3-2-6-24-13)18-14(19)8-23-15(20)11-7-10(25(17,21)22)4-5-12(11)16/h2-7,9H,8H2,1H3,(H,18,19)(H2,17,21,22)/t9-/m1/s1. The van der Waals surface area contributed by atoms with Gasteiger partial charge in [-0.1, -0.05) is 17.7 Å². The number of nitrogens with one attached hydrogen (secondary N) is 1. The second-order valence-corrected chi connectivity index (χ2v) is 8.02. The van der Waals surface area contributed by atoms with Crippen LogP contribution in [0.3, 0.4) is 0 Å². The van der Waals surface area contributed by atoms with Gasteiger partial charge in [-0.05, 0) is 36.6 Å². The molecule has 134 valence electrons. The normalized spacial score (nSPS) is 12.4. The Morgan fingerprint density at radius 1 is 1.36 bits per heavy atom. The topological polar surface area (TPSA) is 116 Å². The van der Waals surface area contributed by atoms with Crippen LogP contribution in [0.2, 0.25) is 5.02 Å². The molecule has 2 rings (SSSR count). The Bertz CT molecular complexity index is 881. The third-order valence-electron chi connectivity index (χ3n) is 3.17. The third-order valence-corrected chi connectivity index (χ3v) is 5.46. The highest BCUT2D eigenvalue weighted by atomic mass is 35.5. The number of benzene rings is 1. The first kappa shape index (κ1) is 19.4. The van der Waals surface area contributed by atoms with E-state index in [1.54, 1.807) is 6.92 Å². The van der Waals surface area contributed by atoms with Crippen LogP contribution in [0.1, 0.15) is 28.2 Å². The van der Waals surface area contributed by atoms with Crippen LogP contribution in [0, 0.1) is 0 Å². The van der Waals surface area contributed by atoms with Gasteiger partial charge in [-0.25, -0.2) is 18.4 Å². The van der Waals surface area contributed by atoms with Gasteiger partial charge in [-0.2, -0.15) is 0 Å². The van der Waals surface area contributed by atoms with E-state index in [0.29, 0.717) is 0 Å². The van der Waals surface area contributed by atoms with Crippen molar-refractivity contribution in [2.45, 2.75) is 17.9 Å². The number of ether oxygens (including phenoxy) is 1. The fraction of sp³-hybridized carbons (Fsp3) is 0.200. The second kappa shape index (κ2) is 7.96. The Morgan fingerprint density at radius 2 is 2.08 bits per heavy atom. The number of thiophene rings is 1. The smallest absolute Gasteiger partial charge is 0.340 e. The first-order valence-corrected chi connectivity index (χ1v) is 9.81. The molecule has 1 amide bonds. The van der Waals surface area contributed by atoms with Crippen LogP contribution in [0.4, 0.5) is 0 Å². The lowest BCUT2D eigenvalue weighted by Gasteiger charge is -2.12. The molecule has 0 saturated heterocycles. The van der Waals surface area contributed by atoms with E-state index < -0.39 is 28.5 Å². The number of primary sulfonamides is 1. The van der Waals surface area contributed by atoms with Crippen LogP contribution in [-0.2, 0) is 19.6 Å². The van der Waals surface area contributed by atoms with Crippen molar-refractivity contribution in [1.82, 2.24) is 5.32 Å². The minimum Gasteiger partial charge on any atom is -0.452 e. The molecule has 10 heteroatoms. The summed E-state index contributed by atoms with van der Waals surface area (Å²) in [5, 5.41) is 9.58. The van der Waals surface area contributed by atoms with Crippen molar-refractivity contribution in [1.29, 1.82) is 0 Å². The van der Waals surface area contributed by atoms with Crippen LogP contribution >= 0.6 is 22.9 Å². The highest BCUT2D eigenvalue weighted by molar-refractivity contribution is 7.89. The molecule has 0 aliphatic carbocycles. The molecule has 1 heterocycles. The molecular formula is C15H15ClN2O5S2. The predicted molar refractivity (Wildman–Crippen MR) is 94.0 cm³/mol. The molecule has 1 atom stereocenters. The van der Waals surface area contributed by atoms with Crippen molar-refractivity contribution in [3.05, 3.63) is 51.2 Å². The Labute approximate surface area is 153 Å². The number of esters is 1. The SMILES string of the molecule is C[C@@H](NC(=O)COC(=O)c1cc(S(N)(=O)=O)ccc1Cl)c1cccs1. The van der Waals surface area contributed by atoms with E-state index in [-0.39, 0.29) is 21.5 Å². The van der Waals surface area contributed by atoms with E-state index in [1.807, 2.05) is 17.5 Å². The lowest BCUT2D eigenvalue weighted by Crippen LogP contribution is -2.30. The summed E-state index contributed by atoms with van der Waals surface area (Å²) in [6.45, 7) is 1.28. The molecule has 1 aromatic heterocycles. The number of sulfonamides is 1. The highest BCUT2D eigenvalue weighted by Gasteiger charge is 2.18. The summed E-state index contributed by atoms with van der Waals surface area (Å²) in [5.41, 5.74) is -0.188. The van der Waals surface area contributed by atoms with Gasteiger partial charge < -0.3 is 10.1 Å². The molecule has 2 aromatic rings. The zero-order valence-electron chi connectivity index (χ0n) is 13.1. The largest absolute Gasteiger partial charge is 0.452 e. The van der Waals surface area contributed by atoms with E-state index in [1.165, 1.54) is 23.5 Å². The molecule has 0 aliphatic heterocycles. The van der Waals surface area contributed by atoms with Crippen LogP contribution in [0.5, 0.6) is 0 Å². The maximum Gasteiger partial charge on any atom is 0.340 e. The Hall–Kier alpha value is -1.94. The Balaban J connectivity index is 1.99. The van der Waals surface area contributed by atoms with Crippen molar-refractivity contribution >= 4 is 44.8 Å². The van der Waals surface area contributed by atoms with Crippen molar-refractivity contribution in [3.63, 3.8) is 0 Å². The van der Waals surface area contributed by atoms with E-state index in [4.69, 9.17) is 21.5 Å². The first-order chi connectivity index (χ1) is 11.7. The van der Waals surface area contributed by atoms with Gasteiger partial charge in [0.15, 0.2) is 6.61 Å². The maximum absolute atomic E-state index is 12.0. The monoisotopic (exact) mass is 402 g/mol. The number of amides is 1. The summed E-state index contributed by atoms with van der Waals surface area (Å²) < 4.78 is 27.6. The predicted octanol–water partition coefficient (Wildman–Crippen LogP) is 2.08. The summed E-state index contributed by atoms with van der Waals surface area (Å²) >= 11 is 7.36. The molecule has 0 radical (unpaired) electrons. The average Bonchev–Trinajstić information content (AvgIpc) is 3.06. The van der Waals surface area contributed by atoms with Gasteiger partial charge in [-0.15, -0.1) is 11.3 Å². The number of halogens is 1. The van der Waals surface area contributed by atoms with E-state index in [0.717, 1.165) is 10.9 Å². The van der Waals surface area contributed by atoms with Crippen LogP contribution in [0.15, 0.2) is 40.6 Å². The van der Waals surface area contributed by atoms with Crippen molar-refractivity contribution in [2.75, 3.05) is 6.61 Å². The number of carbonyl (C=O) groups excluding carboxylic acids is 2. The molecule has 3 N–H and O–H groups in total. The molecule has 25 heavy (non-hydrogen) atoms. The van der Waals surface area contributed by atoms with Gasteiger partial charge in [0, 0.05) is 4.88 Å². The molecule has 0 aliphatic rings. The first-order valence-electron chi connectivity index (χ1n) is 7.00. The lowest BCUT2D eigenvalue weighted by molar-refractivity contribution is -0.124. The summed E-state index contributed by atoms with van der Waals surface area (Å²) in [4.78, 5) is 24.6. The molecule has 1 aromatic carbocycles. The van der Waals surface area contributed by atoms with Gasteiger partial charge >= 0.3 is 5.97 Å². The highest BCUT2D eigenvalue weighted by Crippen LogP contribution is 2.21. The van der Waals surface area contributed by atoms with Crippen LogP contribution in [-0.4, -0.2) is 26.9 Å². The van der Waals surface area contributed by atoms with Gasteiger partial charge in [-0.3, -0.25) is 4.79 Å². The molecular weight excluding hydrogens is 388 g/mol. The number of hydrogen-bond acceptors (Lipinski definition) is 6. The van der Waals surface area contributed by atoms with Gasteiger partial charge in [0.05, 0.1) is 21.5 Å². The van der Waals surface area contributed by atoms with E-state index in [9.17, 15) is 18.0 Å². The number of nitrogens with two attached hydrogens (primary N) is 1. The molecule has 7 nitrogen and oxygen atoms in total. The Kier molecular flexibility index (Phi) is 6.17. The summed E-state index contributed by atoms with van der Waals surface area (Å²) in [6.07, 6.45) is 0. The molecule has 0 unspecified atom stereocenters. The fourth-order valence-electron chi connectivity index (χ4n) is 1.94. The number of rotatable bonds is 6. The van der Waals surface area contributed by atoms with Gasteiger partial charge in [0.2, 0.25) is 10.0 Å². The Morgan fingerprint density at radius 3 is 2.68 bits per heavy atom. The average molecular weight is 403 g/mol. The van der Waals surface area contributed by atoms with E-state index in [2.05, 4.69) is 5.32 Å². The van der Waals surface area contributed by atoms with Crippen molar-refractivity contribution in [2.24, 2.45) is 5.14 Å². The lowest BCUT2D eigenvalue weighted by atomic mass is 10.2. The zero-order valence-corrected chi connectivity index (χ0v) is 15.5. The molecule has 0 saturated carbocycles. The minimum atomic E-state index is -3.99. The quantitative estimate of drug-likeness (QED) is 0.717. The summed E-state index contributed by atoms with van der Waals surface area (Å²) in [5.74, 6) is -1.41. The van der Waals surface area contributed by atoms with Crippen LogP contribution in [0.25, 0.3) is 0 Å². The molecule has 0 fully saturated rings. The minimum absolute atomic E-state index is 0.00948. The summed E-state index contributed by atoms with van der Waals surface area (Å²) in [6, 6.07) is 6.91. The van der Waals surface area contributed by atoms with Crippen molar-refractivity contribution < 1.29 is 22.7 Å². The molecule has 0 spiro atoms. The van der Waals surface area contributed by atoms with Gasteiger partial charge in [0.1, 0.15) is 0 Å². The van der Waals surface area contributed by atoms with E-state index >= 15 is 0 Å². The van der Waals surface area contributed by atoms with Crippen molar-refractivity contribution in [3.8, 4) is 0 Å². The molecule has 0 bridgehead atoms. The zero-order chi connectivity index (χ0) is 18.6. The van der Waals surface area contributed by atoms with Gasteiger partial charge in [0.25, 0.3) is 5.91 Å². The number of carbonyl (C=O) groups is 2. The fourth-order valence-corrected chi connectivity index (χ4v) is 3.41. The maximum atomic E-state index is 12.0. The third kappa shape index (κ3) is 5.27. The van der Waals surface area contributed by atoms with Crippen LogP contribution < -0.4 is 10.5 Å². The second-order valence-electron chi connectivity index (χ2n) is 5.07. The number of hydrogen-bond donors (Lipinski definition) is 2.